The van der Waals surface area contributed by atoms with Gasteiger partial charge in [0.25, 0.3) is 0 Å². The lowest BCUT2D eigenvalue weighted by molar-refractivity contribution is -0.164. The van der Waals surface area contributed by atoms with Crippen molar-refractivity contribution >= 4 is 5.97 Å². The van der Waals surface area contributed by atoms with E-state index in [4.69, 9.17) is 0 Å². The minimum atomic E-state index is -1.11. The first-order chi connectivity index (χ1) is 12.9. The lowest BCUT2D eigenvalue weighted by Gasteiger charge is -2.43. The van der Waals surface area contributed by atoms with E-state index in [1.807, 2.05) is 43.0 Å². The number of aliphatic hydroxyl groups is 1. The minimum absolute atomic E-state index is 0.368. The highest BCUT2D eigenvalue weighted by Crippen LogP contribution is 2.36. The van der Waals surface area contributed by atoms with Crippen molar-refractivity contribution in [1.29, 1.82) is 0 Å². The zero-order valence-electron chi connectivity index (χ0n) is 16.1. The van der Waals surface area contributed by atoms with Gasteiger partial charge >= 0.3 is 5.97 Å². The SMILES string of the molecule is Cc1c(CN2CC[C@H](O)[C@](CCCc3ccccc3)(C(=O)O)C2)cnn1C. The third kappa shape index (κ3) is 4.22. The number of rotatable bonds is 7. The van der Waals surface area contributed by atoms with Crippen LogP contribution in [-0.4, -0.2) is 50.1 Å². The molecule has 1 fully saturated rings. The minimum Gasteiger partial charge on any atom is -0.481 e. The van der Waals surface area contributed by atoms with Crippen molar-refractivity contribution in [2.24, 2.45) is 12.5 Å². The Morgan fingerprint density at radius 2 is 2.07 bits per heavy atom. The van der Waals surface area contributed by atoms with E-state index < -0.39 is 17.5 Å². The van der Waals surface area contributed by atoms with E-state index >= 15 is 0 Å². The molecule has 1 aromatic carbocycles. The molecule has 1 aliphatic rings. The number of aliphatic hydroxyl groups excluding tert-OH is 1. The van der Waals surface area contributed by atoms with Gasteiger partial charge in [-0.05, 0) is 38.2 Å². The predicted octanol–water partition coefficient (Wildman–Crippen LogP) is 2.39. The molecule has 0 aliphatic carbocycles. The number of carbonyl (C=O) groups is 1. The van der Waals surface area contributed by atoms with E-state index in [0.717, 1.165) is 24.1 Å². The first-order valence-electron chi connectivity index (χ1n) is 9.57. The molecular weight excluding hydrogens is 342 g/mol. The maximum Gasteiger partial charge on any atom is 0.313 e. The number of piperidine rings is 1. The second kappa shape index (κ2) is 8.23. The fourth-order valence-corrected chi connectivity index (χ4v) is 4.06. The highest BCUT2D eigenvalue weighted by atomic mass is 16.4. The van der Waals surface area contributed by atoms with Crippen LogP contribution in [0.5, 0.6) is 0 Å². The number of hydrogen-bond acceptors (Lipinski definition) is 4. The number of carboxylic acid groups (broad SMARTS) is 1. The van der Waals surface area contributed by atoms with Crippen LogP contribution >= 0.6 is 0 Å². The van der Waals surface area contributed by atoms with Crippen LogP contribution in [0.3, 0.4) is 0 Å². The number of benzene rings is 1. The third-order valence-electron chi connectivity index (χ3n) is 5.95. The van der Waals surface area contributed by atoms with Crippen LogP contribution in [0.15, 0.2) is 36.5 Å². The summed E-state index contributed by atoms with van der Waals surface area (Å²) in [6.45, 7) is 3.75. The fraction of sp³-hybridized carbons (Fsp3) is 0.524. The molecule has 0 saturated carbocycles. The van der Waals surface area contributed by atoms with Gasteiger partial charge in [-0.1, -0.05) is 30.3 Å². The quantitative estimate of drug-likeness (QED) is 0.781. The summed E-state index contributed by atoms with van der Waals surface area (Å²) < 4.78 is 1.83. The van der Waals surface area contributed by atoms with Crippen molar-refractivity contribution in [1.82, 2.24) is 14.7 Å². The van der Waals surface area contributed by atoms with Gasteiger partial charge in [-0.2, -0.15) is 5.10 Å². The molecule has 1 aliphatic heterocycles. The number of hydrogen-bond donors (Lipinski definition) is 2. The Kier molecular flexibility index (Phi) is 5.97. The smallest absolute Gasteiger partial charge is 0.313 e. The summed E-state index contributed by atoms with van der Waals surface area (Å²) >= 11 is 0. The van der Waals surface area contributed by atoms with Crippen molar-refractivity contribution in [3.05, 3.63) is 53.3 Å². The standard InChI is InChI=1S/C21H29N3O3/c1-16-18(13-22-23(16)2)14-24-12-10-19(25)21(15-24,20(26)27)11-6-9-17-7-4-3-5-8-17/h3-5,7-8,13,19,25H,6,9-12,14-15H2,1-2H3,(H,26,27)/t19-,21+/m0/s1. The predicted molar refractivity (Wildman–Crippen MR) is 103 cm³/mol. The van der Waals surface area contributed by atoms with Gasteiger partial charge in [0.2, 0.25) is 0 Å². The first-order valence-corrected chi connectivity index (χ1v) is 9.57. The van der Waals surface area contributed by atoms with Gasteiger partial charge in [-0.25, -0.2) is 0 Å². The molecule has 3 rings (SSSR count). The van der Waals surface area contributed by atoms with Crippen molar-refractivity contribution in [2.75, 3.05) is 13.1 Å². The molecule has 0 bridgehead atoms. The van der Waals surface area contributed by atoms with Gasteiger partial charge in [0.15, 0.2) is 0 Å². The second-order valence-electron chi connectivity index (χ2n) is 7.69. The molecule has 6 nitrogen and oxygen atoms in total. The van der Waals surface area contributed by atoms with Gasteiger partial charge in [0.05, 0.1) is 12.3 Å². The van der Waals surface area contributed by atoms with Crippen LogP contribution in [0.25, 0.3) is 0 Å². The Bertz CT molecular complexity index is 774. The van der Waals surface area contributed by atoms with Crippen LogP contribution in [0.4, 0.5) is 0 Å². The number of aliphatic carboxylic acids is 1. The van der Waals surface area contributed by atoms with Crippen molar-refractivity contribution in [3.63, 3.8) is 0 Å². The first kappa shape index (κ1) is 19.6. The average molecular weight is 371 g/mol. The Hall–Kier alpha value is -2.18. The third-order valence-corrected chi connectivity index (χ3v) is 5.95. The molecule has 146 valence electrons. The number of carboxylic acids is 1. The van der Waals surface area contributed by atoms with E-state index in [1.165, 1.54) is 5.56 Å². The van der Waals surface area contributed by atoms with E-state index in [0.29, 0.717) is 32.5 Å². The van der Waals surface area contributed by atoms with E-state index in [-0.39, 0.29) is 0 Å². The highest BCUT2D eigenvalue weighted by molar-refractivity contribution is 5.76. The summed E-state index contributed by atoms with van der Waals surface area (Å²) in [6.07, 6.45) is 3.56. The molecule has 1 aromatic heterocycles. The van der Waals surface area contributed by atoms with Crippen LogP contribution in [-0.2, 0) is 24.8 Å². The summed E-state index contributed by atoms with van der Waals surface area (Å²) in [4.78, 5) is 14.3. The molecule has 27 heavy (non-hydrogen) atoms. The van der Waals surface area contributed by atoms with Crippen molar-refractivity contribution < 1.29 is 15.0 Å². The summed E-state index contributed by atoms with van der Waals surface area (Å²) in [7, 11) is 1.91. The van der Waals surface area contributed by atoms with Crippen LogP contribution in [0.1, 0.15) is 36.1 Å². The molecule has 2 aromatic rings. The summed E-state index contributed by atoms with van der Waals surface area (Å²) in [6, 6.07) is 10.1. The Morgan fingerprint density at radius 1 is 1.33 bits per heavy atom. The largest absolute Gasteiger partial charge is 0.481 e. The van der Waals surface area contributed by atoms with Crippen LogP contribution < -0.4 is 0 Å². The monoisotopic (exact) mass is 371 g/mol. The molecule has 0 amide bonds. The lowest BCUT2D eigenvalue weighted by atomic mass is 9.73. The average Bonchev–Trinajstić information content (AvgIpc) is 2.97. The van der Waals surface area contributed by atoms with E-state index in [2.05, 4.69) is 22.1 Å². The van der Waals surface area contributed by atoms with Crippen molar-refractivity contribution in [2.45, 2.75) is 45.3 Å². The highest BCUT2D eigenvalue weighted by Gasteiger charge is 2.48. The molecule has 0 unspecified atom stereocenters. The topological polar surface area (TPSA) is 78.6 Å². The molecule has 2 atom stereocenters. The maximum atomic E-state index is 12.2. The lowest BCUT2D eigenvalue weighted by Crippen LogP contribution is -2.55. The summed E-state index contributed by atoms with van der Waals surface area (Å²) in [5.41, 5.74) is 2.29. The normalized spacial score (nSPS) is 23.4. The summed E-state index contributed by atoms with van der Waals surface area (Å²) in [5, 5.41) is 24.9. The van der Waals surface area contributed by atoms with Crippen LogP contribution in [0.2, 0.25) is 0 Å². The van der Waals surface area contributed by atoms with E-state index in [1.54, 1.807) is 0 Å². The Balaban J connectivity index is 1.69. The zero-order chi connectivity index (χ0) is 19.4. The summed E-state index contributed by atoms with van der Waals surface area (Å²) in [5.74, 6) is -0.893. The molecule has 2 heterocycles. The molecule has 6 heteroatoms. The van der Waals surface area contributed by atoms with Gasteiger partial charge in [0.1, 0.15) is 5.41 Å². The Labute approximate surface area is 160 Å². The second-order valence-corrected chi connectivity index (χ2v) is 7.69. The molecule has 0 radical (unpaired) electrons. The van der Waals surface area contributed by atoms with Gasteiger partial charge < -0.3 is 10.2 Å². The maximum absolute atomic E-state index is 12.2. The van der Waals surface area contributed by atoms with Crippen LogP contribution in [0, 0.1) is 12.3 Å². The molecule has 2 N–H and O–H groups in total. The molecule has 0 spiro atoms. The van der Waals surface area contributed by atoms with E-state index in [9.17, 15) is 15.0 Å². The van der Waals surface area contributed by atoms with Crippen molar-refractivity contribution in [3.8, 4) is 0 Å². The number of aromatic nitrogens is 2. The Morgan fingerprint density at radius 3 is 2.70 bits per heavy atom. The number of likely N-dealkylation sites (tertiary alicyclic amines) is 1. The van der Waals surface area contributed by atoms with Gasteiger partial charge in [0, 0.05) is 37.9 Å². The number of aryl methyl sites for hydroxylation is 2. The molecule has 1 saturated heterocycles. The molecular formula is C21H29N3O3. The number of nitrogens with zero attached hydrogens (tertiary/aromatic N) is 3. The van der Waals surface area contributed by atoms with Gasteiger partial charge in [-0.3, -0.25) is 14.4 Å². The zero-order valence-corrected chi connectivity index (χ0v) is 16.1. The van der Waals surface area contributed by atoms with Gasteiger partial charge in [-0.15, -0.1) is 0 Å². The fourth-order valence-electron chi connectivity index (χ4n) is 4.06.